The Bertz CT molecular complexity index is 345. The molecule has 192 valence electrons. The Morgan fingerprint density at radius 3 is 1.06 bits per heavy atom. The number of piperidine rings is 1. The molecule has 5 heteroatoms. The minimum absolute atomic E-state index is 0. The number of likely N-dealkylation sites (tertiary alicyclic amines) is 1. The molecule has 0 N–H and O–H groups in total. The highest BCUT2D eigenvalue weighted by molar-refractivity contribution is 4.78. The van der Waals surface area contributed by atoms with Gasteiger partial charge in [-0.3, -0.25) is 9.80 Å². The zero-order valence-corrected chi connectivity index (χ0v) is 20.4. The molecule has 0 amide bonds. The number of hydrogen-bond donors (Lipinski definition) is 0. The van der Waals surface area contributed by atoms with E-state index in [0.29, 0.717) is 11.1 Å². The molecule has 0 spiro atoms. The fraction of sp³-hybridized carbons (Fsp3) is 1.00. The summed E-state index contributed by atoms with van der Waals surface area (Å²) in [4.78, 5) is 9.76. The van der Waals surface area contributed by atoms with Gasteiger partial charge in [0.2, 0.25) is 0 Å². The van der Waals surface area contributed by atoms with Gasteiger partial charge in [0, 0.05) is 50.3 Å². The Hall–Kier alpha value is -0.200. The number of rotatable bonds is 0. The molecular weight excluding hydrogens is 384 g/mol. The van der Waals surface area contributed by atoms with Crippen molar-refractivity contribution in [3.05, 3.63) is 0 Å². The topological polar surface area (TPSA) is 22.2 Å². The van der Waals surface area contributed by atoms with Gasteiger partial charge >= 0.3 is 0 Å². The monoisotopic (exact) mass is 446 g/mol. The third-order valence-corrected chi connectivity index (χ3v) is 5.99. The van der Waals surface area contributed by atoms with Gasteiger partial charge in [0.05, 0.1) is 13.2 Å². The zero-order valence-electron chi connectivity index (χ0n) is 20.4. The fourth-order valence-electron chi connectivity index (χ4n) is 3.71. The highest BCUT2D eigenvalue weighted by Crippen LogP contribution is 2.19. The maximum absolute atomic E-state index is 5.25. The van der Waals surface area contributed by atoms with E-state index in [9.17, 15) is 0 Å². The standard InChI is InChI=1S/C9H19N.C8H17NO.C6H14N2.3CH4/c1-9(2,3)10-7-5-4-6-8-10;1-8(2,3)9-4-6-10-7-5-9;1-7-3-5-8(2)6-4-7;;;/h4-8H2,1-3H3;4-7H2,1-3H3;3-6H2,1-2H3;3*1H4. The number of morpholine rings is 1. The molecule has 3 aliphatic rings. The van der Waals surface area contributed by atoms with Crippen LogP contribution in [-0.2, 0) is 4.74 Å². The van der Waals surface area contributed by atoms with Crippen molar-refractivity contribution in [2.75, 3.05) is 79.7 Å². The van der Waals surface area contributed by atoms with Gasteiger partial charge in [-0.2, -0.15) is 0 Å². The smallest absolute Gasteiger partial charge is 0.0594 e. The average molecular weight is 447 g/mol. The second kappa shape index (κ2) is 17.3. The first-order valence-electron chi connectivity index (χ1n) is 11.4. The molecule has 0 aromatic rings. The van der Waals surface area contributed by atoms with E-state index in [-0.39, 0.29) is 22.3 Å². The molecule has 3 aliphatic heterocycles. The number of nitrogens with zero attached hydrogens (tertiary/aromatic N) is 4. The molecule has 0 aliphatic carbocycles. The molecule has 3 heterocycles. The molecular formula is C26H62N4O. The fourth-order valence-corrected chi connectivity index (χ4v) is 3.71. The lowest BCUT2D eigenvalue weighted by Gasteiger charge is -2.38. The predicted octanol–water partition coefficient (Wildman–Crippen LogP) is 5.16. The molecule has 5 nitrogen and oxygen atoms in total. The molecule has 0 aromatic heterocycles. The van der Waals surface area contributed by atoms with Crippen LogP contribution in [0.3, 0.4) is 0 Å². The summed E-state index contributed by atoms with van der Waals surface area (Å²) >= 11 is 0. The molecule has 0 radical (unpaired) electrons. The van der Waals surface area contributed by atoms with Gasteiger partial charge in [-0.05, 0) is 81.6 Å². The molecule has 0 unspecified atom stereocenters. The summed E-state index contributed by atoms with van der Waals surface area (Å²) in [5.41, 5.74) is 0.726. The van der Waals surface area contributed by atoms with Crippen LogP contribution in [0.25, 0.3) is 0 Å². The normalized spacial score (nSPS) is 21.7. The Kier molecular flexibility index (Phi) is 19.7. The van der Waals surface area contributed by atoms with E-state index in [2.05, 4.69) is 75.2 Å². The summed E-state index contributed by atoms with van der Waals surface area (Å²) in [5.74, 6) is 0. The number of ether oxygens (including phenoxy) is 1. The van der Waals surface area contributed by atoms with E-state index in [1.165, 1.54) is 58.5 Å². The quantitative estimate of drug-likeness (QED) is 0.511. The van der Waals surface area contributed by atoms with E-state index in [0.717, 1.165) is 26.3 Å². The Morgan fingerprint density at radius 2 is 0.806 bits per heavy atom. The minimum Gasteiger partial charge on any atom is -0.379 e. The predicted molar refractivity (Wildman–Crippen MR) is 143 cm³/mol. The number of piperazine rings is 1. The van der Waals surface area contributed by atoms with Gasteiger partial charge in [0.25, 0.3) is 0 Å². The first-order valence-corrected chi connectivity index (χ1v) is 11.4. The van der Waals surface area contributed by atoms with Crippen LogP contribution < -0.4 is 0 Å². The van der Waals surface area contributed by atoms with Gasteiger partial charge in [-0.1, -0.05) is 28.7 Å². The van der Waals surface area contributed by atoms with E-state index in [4.69, 9.17) is 4.74 Å². The summed E-state index contributed by atoms with van der Waals surface area (Å²) < 4.78 is 5.25. The largest absolute Gasteiger partial charge is 0.379 e. The lowest BCUT2D eigenvalue weighted by atomic mass is 10.0. The first kappa shape index (κ1) is 35.4. The maximum atomic E-state index is 5.25. The van der Waals surface area contributed by atoms with Crippen molar-refractivity contribution in [3.8, 4) is 0 Å². The van der Waals surface area contributed by atoms with Crippen LogP contribution in [0.4, 0.5) is 0 Å². The summed E-state index contributed by atoms with van der Waals surface area (Å²) in [5, 5.41) is 0. The molecule has 0 bridgehead atoms. The van der Waals surface area contributed by atoms with Crippen molar-refractivity contribution >= 4 is 0 Å². The zero-order chi connectivity index (χ0) is 21.2. The van der Waals surface area contributed by atoms with E-state index < -0.39 is 0 Å². The Labute approximate surface area is 198 Å². The van der Waals surface area contributed by atoms with Crippen LogP contribution in [0.2, 0.25) is 0 Å². The molecule has 3 rings (SSSR count). The Morgan fingerprint density at radius 1 is 0.484 bits per heavy atom. The summed E-state index contributed by atoms with van der Waals surface area (Å²) in [6.07, 6.45) is 4.24. The van der Waals surface area contributed by atoms with E-state index in [1.807, 2.05) is 0 Å². The van der Waals surface area contributed by atoms with Crippen molar-refractivity contribution < 1.29 is 4.74 Å². The van der Waals surface area contributed by atoms with Crippen molar-refractivity contribution in [2.45, 2.75) is 94.2 Å². The molecule has 31 heavy (non-hydrogen) atoms. The number of hydrogen-bond acceptors (Lipinski definition) is 5. The van der Waals surface area contributed by atoms with Crippen LogP contribution in [0.5, 0.6) is 0 Å². The lowest BCUT2D eigenvalue weighted by Crippen LogP contribution is -2.47. The van der Waals surface area contributed by atoms with Crippen molar-refractivity contribution in [1.29, 1.82) is 0 Å². The van der Waals surface area contributed by atoms with Gasteiger partial charge in [-0.15, -0.1) is 0 Å². The van der Waals surface area contributed by atoms with E-state index >= 15 is 0 Å². The van der Waals surface area contributed by atoms with Crippen LogP contribution in [0.15, 0.2) is 0 Å². The van der Waals surface area contributed by atoms with Gasteiger partial charge < -0.3 is 14.5 Å². The van der Waals surface area contributed by atoms with Crippen molar-refractivity contribution in [3.63, 3.8) is 0 Å². The second-order valence-electron chi connectivity index (χ2n) is 10.6. The second-order valence-corrected chi connectivity index (χ2v) is 10.6. The SMILES string of the molecule is C.C.C.CC(C)(C)N1CCCCC1.CC(C)(C)N1CCOCC1.CN1CCN(C)CC1. The molecule has 0 aromatic carbocycles. The maximum Gasteiger partial charge on any atom is 0.0594 e. The number of likely N-dealkylation sites (N-methyl/N-ethyl adjacent to an activating group) is 2. The molecule has 3 fully saturated rings. The van der Waals surface area contributed by atoms with Crippen LogP contribution in [-0.4, -0.2) is 110 Å². The highest BCUT2D eigenvalue weighted by Gasteiger charge is 2.23. The van der Waals surface area contributed by atoms with Gasteiger partial charge in [0.1, 0.15) is 0 Å². The van der Waals surface area contributed by atoms with Crippen LogP contribution in [0.1, 0.15) is 83.1 Å². The third-order valence-electron chi connectivity index (χ3n) is 5.99. The van der Waals surface area contributed by atoms with Gasteiger partial charge in [-0.25, -0.2) is 0 Å². The Balaban J connectivity index is -0.000000364. The average Bonchev–Trinajstić information content (AvgIpc) is 2.65. The minimum atomic E-state index is 0. The first-order chi connectivity index (χ1) is 13.0. The van der Waals surface area contributed by atoms with Gasteiger partial charge in [0.15, 0.2) is 0 Å². The summed E-state index contributed by atoms with van der Waals surface area (Å²) in [6, 6.07) is 0. The third kappa shape index (κ3) is 16.1. The van der Waals surface area contributed by atoms with Crippen LogP contribution in [0, 0.1) is 0 Å². The molecule has 3 saturated heterocycles. The van der Waals surface area contributed by atoms with E-state index in [1.54, 1.807) is 0 Å². The summed E-state index contributed by atoms with van der Waals surface area (Å²) in [7, 11) is 4.35. The van der Waals surface area contributed by atoms with Crippen molar-refractivity contribution in [1.82, 2.24) is 19.6 Å². The van der Waals surface area contributed by atoms with Crippen molar-refractivity contribution in [2.24, 2.45) is 0 Å². The lowest BCUT2D eigenvalue weighted by molar-refractivity contribution is -0.00389. The summed E-state index contributed by atoms with van der Waals surface area (Å²) in [6.45, 7) is 25.2. The molecule has 0 saturated carbocycles. The highest BCUT2D eigenvalue weighted by atomic mass is 16.5. The van der Waals surface area contributed by atoms with Crippen LogP contribution >= 0.6 is 0 Å². The molecule has 0 atom stereocenters.